The second-order valence-electron chi connectivity index (χ2n) is 4.71. The summed E-state index contributed by atoms with van der Waals surface area (Å²) in [4.78, 5) is 3.33. The quantitative estimate of drug-likeness (QED) is 0.598. The monoisotopic (exact) mass is 208 g/mol. The average Bonchev–Trinajstić information content (AvgIpc) is 2.37. The summed E-state index contributed by atoms with van der Waals surface area (Å²) in [5, 5.41) is 0. The number of rotatable bonds is 1. The van der Waals surface area contributed by atoms with Crippen molar-refractivity contribution in [3.05, 3.63) is 20.9 Å². The number of aryl methyl sites for hydroxylation is 1. The molecule has 0 aromatic carbocycles. The van der Waals surface area contributed by atoms with Crippen LogP contribution in [0.3, 0.4) is 0 Å². The Kier molecular flexibility index (Phi) is 2.96. The maximum absolute atomic E-state index is 2.33. The van der Waals surface area contributed by atoms with Gasteiger partial charge in [0, 0.05) is 9.75 Å². The summed E-state index contributed by atoms with van der Waals surface area (Å²) >= 11 is 2.08. The van der Waals surface area contributed by atoms with Crippen LogP contribution in [0.2, 0.25) is 0 Å². The van der Waals surface area contributed by atoms with Gasteiger partial charge in [0.25, 0.3) is 0 Å². The van der Waals surface area contributed by atoms with Gasteiger partial charge in [0.2, 0.25) is 0 Å². The summed E-state index contributed by atoms with van der Waals surface area (Å²) in [7, 11) is 0. The molecule has 78 valence electrons. The van der Waals surface area contributed by atoms with Crippen LogP contribution in [0.15, 0.2) is 0 Å². The Morgan fingerprint density at radius 1 is 1.07 bits per heavy atom. The minimum Gasteiger partial charge on any atom is -0.145 e. The van der Waals surface area contributed by atoms with E-state index in [0.29, 0.717) is 5.92 Å². The summed E-state index contributed by atoms with van der Waals surface area (Å²) in [5.41, 5.74) is 3.32. The second-order valence-corrected chi connectivity index (χ2v) is 5.85. The molecule has 0 radical (unpaired) electrons. The van der Waals surface area contributed by atoms with Crippen LogP contribution in [0.4, 0.5) is 0 Å². The van der Waals surface area contributed by atoms with E-state index in [1.54, 1.807) is 20.9 Å². The van der Waals surface area contributed by atoms with Crippen LogP contribution < -0.4 is 0 Å². The van der Waals surface area contributed by atoms with Crippen LogP contribution in [0.1, 0.15) is 59.9 Å². The van der Waals surface area contributed by atoms with Gasteiger partial charge in [-0.3, -0.25) is 0 Å². The van der Waals surface area contributed by atoms with E-state index in [1.807, 2.05) is 0 Å². The molecule has 0 aliphatic heterocycles. The number of hydrogen-bond acceptors (Lipinski definition) is 1. The van der Waals surface area contributed by atoms with Crippen LogP contribution in [0, 0.1) is 6.92 Å². The molecule has 0 N–H and O–H groups in total. The minimum atomic E-state index is 0.715. The average molecular weight is 208 g/mol. The van der Waals surface area contributed by atoms with E-state index in [4.69, 9.17) is 0 Å². The smallest absolute Gasteiger partial charge is 0.0106 e. The Hall–Kier alpha value is -0.300. The van der Waals surface area contributed by atoms with Crippen LogP contribution >= 0.6 is 11.3 Å². The van der Waals surface area contributed by atoms with Gasteiger partial charge in [0.1, 0.15) is 0 Å². The lowest BCUT2D eigenvalue weighted by atomic mass is 10.0. The fourth-order valence-electron chi connectivity index (χ4n) is 2.47. The van der Waals surface area contributed by atoms with Crippen molar-refractivity contribution in [2.24, 2.45) is 0 Å². The molecule has 0 saturated heterocycles. The molecule has 1 aromatic heterocycles. The maximum atomic E-state index is 2.33. The Morgan fingerprint density at radius 2 is 1.79 bits per heavy atom. The number of thiophene rings is 1. The van der Waals surface area contributed by atoms with Crippen LogP contribution in [-0.4, -0.2) is 0 Å². The Morgan fingerprint density at radius 3 is 2.50 bits per heavy atom. The van der Waals surface area contributed by atoms with E-state index in [1.165, 1.54) is 32.1 Å². The third kappa shape index (κ3) is 1.75. The SMILES string of the molecule is Cc1c(C(C)C)sc2c1CCCCC2. The van der Waals surface area contributed by atoms with E-state index < -0.39 is 0 Å². The summed E-state index contributed by atoms with van der Waals surface area (Å²) in [5.74, 6) is 0.715. The first-order chi connectivity index (χ1) is 6.70. The van der Waals surface area contributed by atoms with E-state index >= 15 is 0 Å². The van der Waals surface area contributed by atoms with Gasteiger partial charge in [-0.2, -0.15) is 0 Å². The van der Waals surface area contributed by atoms with Gasteiger partial charge in [0.05, 0.1) is 0 Å². The summed E-state index contributed by atoms with van der Waals surface area (Å²) in [6.45, 7) is 6.96. The third-order valence-electron chi connectivity index (χ3n) is 3.25. The van der Waals surface area contributed by atoms with E-state index in [2.05, 4.69) is 32.1 Å². The van der Waals surface area contributed by atoms with Crippen molar-refractivity contribution in [3.8, 4) is 0 Å². The predicted molar refractivity (Wildman–Crippen MR) is 64.4 cm³/mol. The highest BCUT2D eigenvalue weighted by molar-refractivity contribution is 7.12. The number of fused-ring (bicyclic) bond motifs is 1. The van der Waals surface area contributed by atoms with Crippen LogP contribution in [0.5, 0.6) is 0 Å². The predicted octanol–water partition coefficient (Wildman–Crippen LogP) is 4.45. The van der Waals surface area contributed by atoms with Gasteiger partial charge >= 0.3 is 0 Å². The topological polar surface area (TPSA) is 0 Å². The van der Waals surface area contributed by atoms with Gasteiger partial charge in [0.15, 0.2) is 0 Å². The molecular weight excluding hydrogens is 188 g/mol. The molecule has 0 unspecified atom stereocenters. The van der Waals surface area contributed by atoms with Crippen molar-refractivity contribution in [1.82, 2.24) is 0 Å². The molecule has 0 bridgehead atoms. The van der Waals surface area contributed by atoms with E-state index in [0.717, 1.165) is 0 Å². The molecule has 0 saturated carbocycles. The molecule has 14 heavy (non-hydrogen) atoms. The molecule has 1 aromatic rings. The van der Waals surface area contributed by atoms with Crippen molar-refractivity contribution in [2.45, 2.75) is 58.8 Å². The first kappa shape index (κ1) is 10.2. The van der Waals surface area contributed by atoms with Crippen LogP contribution in [-0.2, 0) is 12.8 Å². The molecule has 1 heterocycles. The van der Waals surface area contributed by atoms with Crippen molar-refractivity contribution >= 4 is 11.3 Å². The molecule has 1 heteroatoms. The molecule has 0 atom stereocenters. The molecule has 0 nitrogen and oxygen atoms in total. The highest BCUT2D eigenvalue weighted by Gasteiger charge is 2.17. The fourth-order valence-corrected chi connectivity index (χ4v) is 3.87. The van der Waals surface area contributed by atoms with Gasteiger partial charge < -0.3 is 0 Å². The lowest BCUT2D eigenvalue weighted by Gasteiger charge is -2.04. The van der Waals surface area contributed by atoms with Crippen molar-refractivity contribution in [3.63, 3.8) is 0 Å². The molecule has 0 spiro atoms. The zero-order chi connectivity index (χ0) is 10.1. The third-order valence-corrected chi connectivity index (χ3v) is 4.94. The number of hydrogen-bond donors (Lipinski definition) is 0. The van der Waals surface area contributed by atoms with Gasteiger partial charge in [-0.1, -0.05) is 20.3 Å². The molecule has 2 rings (SSSR count). The Labute approximate surface area is 91.4 Å². The highest BCUT2D eigenvalue weighted by Crippen LogP contribution is 2.36. The normalized spacial score (nSPS) is 16.9. The van der Waals surface area contributed by atoms with Crippen molar-refractivity contribution in [1.29, 1.82) is 0 Å². The lowest BCUT2D eigenvalue weighted by molar-refractivity contribution is 0.711. The van der Waals surface area contributed by atoms with Crippen LogP contribution in [0.25, 0.3) is 0 Å². The van der Waals surface area contributed by atoms with Crippen molar-refractivity contribution in [2.75, 3.05) is 0 Å². The van der Waals surface area contributed by atoms with E-state index in [-0.39, 0.29) is 0 Å². The second kappa shape index (κ2) is 4.06. The van der Waals surface area contributed by atoms with E-state index in [9.17, 15) is 0 Å². The highest BCUT2D eigenvalue weighted by atomic mass is 32.1. The first-order valence-electron chi connectivity index (χ1n) is 5.81. The lowest BCUT2D eigenvalue weighted by Crippen LogP contribution is -1.90. The largest absolute Gasteiger partial charge is 0.145 e. The minimum absolute atomic E-state index is 0.715. The molecule has 0 amide bonds. The zero-order valence-electron chi connectivity index (χ0n) is 9.52. The molecule has 0 fully saturated rings. The Bertz CT molecular complexity index is 320. The summed E-state index contributed by atoms with van der Waals surface area (Å²) < 4.78 is 0. The zero-order valence-corrected chi connectivity index (χ0v) is 10.3. The first-order valence-corrected chi connectivity index (χ1v) is 6.63. The maximum Gasteiger partial charge on any atom is 0.0106 e. The summed E-state index contributed by atoms with van der Waals surface area (Å²) in [6.07, 6.45) is 6.92. The Balaban J connectivity index is 2.40. The van der Waals surface area contributed by atoms with Crippen molar-refractivity contribution < 1.29 is 0 Å². The van der Waals surface area contributed by atoms with Gasteiger partial charge in [-0.05, 0) is 49.7 Å². The molecular formula is C13H20S. The van der Waals surface area contributed by atoms with Gasteiger partial charge in [-0.15, -0.1) is 11.3 Å². The molecule has 1 aliphatic carbocycles. The standard InChI is InChI=1S/C13H20S/c1-9(2)13-10(3)11-7-5-4-6-8-12(11)14-13/h9H,4-8H2,1-3H3. The summed E-state index contributed by atoms with van der Waals surface area (Å²) in [6, 6.07) is 0. The van der Waals surface area contributed by atoms with Gasteiger partial charge in [-0.25, -0.2) is 0 Å². The molecule has 1 aliphatic rings. The fraction of sp³-hybridized carbons (Fsp3) is 0.692.